The highest BCUT2D eigenvalue weighted by atomic mass is 16.5. The Kier molecular flexibility index (Phi) is 7.87. The van der Waals surface area contributed by atoms with Gasteiger partial charge in [-0.2, -0.15) is 0 Å². The molecule has 3 aromatic rings. The van der Waals surface area contributed by atoms with E-state index in [-0.39, 0.29) is 6.10 Å². The Balaban J connectivity index is 1.66. The Morgan fingerprint density at radius 1 is 1.09 bits per heavy atom. The summed E-state index contributed by atoms with van der Waals surface area (Å²) in [4.78, 5) is 8.49. The van der Waals surface area contributed by atoms with E-state index in [9.17, 15) is 0 Å². The first kappa shape index (κ1) is 24.5. The van der Waals surface area contributed by atoms with Crippen molar-refractivity contribution in [2.75, 3.05) is 0 Å². The zero-order chi connectivity index (χ0) is 24.8. The molecule has 0 saturated carbocycles. The predicted octanol–water partition coefficient (Wildman–Crippen LogP) is 8.42. The molecule has 1 aliphatic rings. The maximum Gasteiger partial charge on any atom is 0.141 e. The summed E-state index contributed by atoms with van der Waals surface area (Å²) in [6.45, 7) is 12.3. The highest BCUT2D eigenvalue weighted by Gasteiger charge is 2.15. The molecule has 180 valence electrons. The molecule has 0 spiro atoms. The third-order valence-corrected chi connectivity index (χ3v) is 6.26. The molecule has 3 nitrogen and oxygen atoms in total. The van der Waals surface area contributed by atoms with Crippen LogP contribution in [-0.4, -0.2) is 16.1 Å². The van der Waals surface area contributed by atoms with Crippen LogP contribution in [0.4, 0.5) is 0 Å². The maximum atomic E-state index is 6.17. The minimum atomic E-state index is 0.0847. The molecule has 1 N–H and O–H groups in total. The average Bonchev–Trinajstić information content (AvgIpc) is 3.22. The fourth-order valence-corrected chi connectivity index (χ4v) is 4.31. The molecular weight excluding hydrogens is 428 g/mol. The summed E-state index contributed by atoms with van der Waals surface area (Å²) in [5.41, 5.74) is 9.06. The Morgan fingerprint density at radius 2 is 1.89 bits per heavy atom. The summed E-state index contributed by atoms with van der Waals surface area (Å²) < 4.78 is 6.17. The number of aromatic nitrogens is 2. The van der Waals surface area contributed by atoms with Gasteiger partial charge < -0.3 is 9.72 Å². The van der Waals surface area contributed by atoms with Crippen LogP contribution in [0.15, 0.2) is 78.9 Å². The number of imidazole rings is 1. The number of benzene rings is 2. The highest BCUT2D eigenvalue weighted by Crippen LogP contribution is 2.32. The average molecular weight is 465 g/mol. The molecule has 0 fully saturated rings. The third kappa shape index (κ3) is 6.30. The number of rotatable bonds is 9. The first-order valence-corrected chi connectivity index (χ1v) is 12.6. The fourth-order valence-electron chi connectivity index (χ4n) is 4.31. The SMILES string of the molecule is C=C/C(=C\c1nc(-c2cc(CCC3=CCCC=C3)ccc2OC(C)C)[nH]c1C)c1ccc(C)cc1. The number of H-pyrrole nitrogens is 1. The van der Waals surface area contributed by atoms with Crippen molar-refractivity contribution in [2.45, 2.75) is 59.5 Å². The monoisotopic (exact) mass is 464 g/mol. The van der Waals surface area contributed by atoms with Crippen LogP contribution in [-0.2, 0) is 6.42 Å². The largest absolute Gasteiger partial charge is 0.490 e. The van der Waals surface area contributed by atoms with Crippen molar-refractivity contribution in [2.24, 2.45) is 0 Å². The van der Waals surface area contributed by atoms with Gasteiger partial charge in [-0.15, -0.1) is 0 Å². The fraction of sp³-hybridized carbons (Fsp3) is 0.281. The summed E-state index contributed by atoms with van der Waals surface area (Å²) in [5.74, 6) is 1.68. The molecule has 2 aromatic carbocycles. The number of aryl methyl sites for hydroxylation is 3. The molecule has 1 aliphatic carbocycles. The molecule has 3 heteroatoms. The van der Waals surface area contributed by atoms with Crippen LogP contribution in [0.3, 0.4) is 0 Å². The summed E-state index contributed by atoms with van der Waals surface area (Å²) in [5, 5.41) is 0. The van der Waals surface area contributed by atoms with Crippen molar-refractivity contribution in [3.63, 3.8) is 0 Å². The van der Waals surface area contributed by atoms with Crippen LogP contribution >= 0.6 is 0 Å². The van der Waals surface area contributed by atoms with E-state index in [1.165, 1.54) is 16.7 Å². The van der Waals surface area contributed by atoms with E-state index in [0.717, 1.165) is 65.3 Å². The number of nitrogens with zero attached hydrogens (tertiary/aromatic N) is 1. The van der Waals surface area contributed by atoms with E-state index in [1.807, 2.05) is 6.08 Å². The molecule has 0 unspecified atom stereocenters. The summed E-state index contributed by atoms with van der Waals surface area (Å²) in [6.07, 6.45) is 15.3. The molecule has 0 amide bonds. The van der Waals surface area contributed by atoms with Gasteiger partial charge in [-0.1, -0.05) is 72.4 Å². The van der Waals surface area contributed by atoms with Crippen LogP contribution in [0.2, 0.25) is 0 Å². The Morgan fingerprint density at radius 3 is 2.57 bits per heavy atom. The first-order chi connectivity index (χ1) is 16.9. The van der Waals surface area contributed by atoms with Gasteiger partial charge in [0.1, 0.15) is 11.6 Å². The van der Waals surface area contributed by atoms with Crippen LogP contribution in [0.5, 0.6) is 5.75 Å². The smallest absolute Gasteiger partial charge is 0.141 e. The molecule has 35 heavy (non-hydrogen) atoms. The number of hydrogen-bond donors (Lipinski definition) is 1. The van der Waals surface area contributed by atoms with E-state index in [4.69, 9.17) is 9.72 Å². The minimum Gasteiger partial charge on any atom is -0.490 e. The second-order valence-electron chi connectivity index (χ2n) is 9.52. The molecule has 0 radical (unpaired) electrons. The number of nitrogens with one attached hydrogen (secondary N) is 1. The predicted molar refractivity (Wildman–Crippen MR) is 149 cm³/mol. The summed E-state index contributed by atoms with van der Waals surface area (Å²) in [6, 6.07) is 15.0. The number of aromatic amines is 1. The number of ether oxygens (including phenoxy) is 1. The number of allylic oxidation sites excluding steroid dienone is 6. The topological polar surface area (TPSA) is 37.9 Å². The molecule has 4 rings (SSSR count). The Bertz CT molecular complexity index is 1270. The standard InChI is InChI=1S/C32H36N2O/c1-6-27(28-17-12-23(4)13-18-28)21-30-24(5)33-32(34-30)29-20-26(16-19-31(29)35-22(2)3)15-14-25-10-8-7-9-11-25/h6,8,10-13,16-22H,1,7,9,14-15H2,2-5H3,(H,33,34)/b27-21+. The van der Waals surface area contributed by atoms with Crippen molar-refractivity contribution >= 4 is 11.6 Å². The van der Waals surface area contributed by atoms with Gasteiger partial charge in [0, 0.05) is 5.69 Å². The number of hydrogen-bond acceptors (Lipinski definition) is 2. The molecule has 0 bridgehead atoms. The molecule has 0 aliphatic heterocycles. The van der Waals surface area contributed by atoms with Gasteiger partial charge in [0.15, 0.2) is 0 Å². The van der Waals surface area contributed by atoms with Gasteiger partial charge >= 0.3 is 0 Å². The lowest BCUT2D eigenvalue weighted by Crippen LogP contribution is -2.07. The second-order valence-corrected chi connectivity index (χ2v) is 9.52. The van der Waals surface area contributed by atoms with Crippen molar-refractivity contribution in [3.8, 4) is 17.1 Å². The lowest BCUT2D eigenvalue weighted by atomic mass is 9.98. The molecule has 0 saturated heterocycles. The Hall–Kier alpha value is -3.59. The van der Waals surface area contributed by atoms with E-state index >= 15 is 0 Å². The zero-order valence-electron chi connectivity index (χ0n) is 21.4. The lowest BCUT2D eigenvalue weighted by molar-refractivity contribution is 0.243. The lowest BCUT2D eigenvalue weighted by Gasteiger charge is -2.15. The highest BCUT2D eigenvalue weighted by molar-refractivity contribution is 5.87. The van der Waals surface area contributed by atoms with E-state index < -0.39 is 0 Å². The maximum absolute atomic E-state index is 6.17. The van der Waals surface area contributed by atoms with Gasteiger partial charge in [-0.25, -0.2) is 4.98 Å². The summed E-state index contributed by atoms with van der Waals surface area (Å²) >= 11 is 0. The van der Waals surface area contributed by atoms with Crippen molar-refractivity contribution in [1.29, 1.82) is 0 Å². The van der Waals surface area contributed by atoms with Gasteiger partial charge in [0.05, 0.1) is 17.4 Å². The molecular formula is C32H36N2O. The van der Waals surface area contributed by atoms with Gasteiger partial charge in [0.2, 0.25) is 0 Å². The van der Waals surface area contributed by atoms with Crippen LogP contribution in [0.25, 0.3) is 23.0 Å². The van der Waals surface area contributed by atoms with Gasteiger partial charge in [0.25, 0.3) is 0 Å². The van der Waals surface area contributed by atoms with Gasteiger partial charge in [-0.3, -0.25) is 0 Å². The minimum absolute atomic E-state index is 0.0847. The van der Waals surface area contributed by atoms with Crippen LogP contribution in [0, 0.1) is 13.8 Å². The van der Waals surface area contributed by atoms with E-state index in [0.29, 0.717) is 0 Å². The van der Waals surface area contributed by atoms with Crippen LogP contribution in [0.1, 0.15) is 61.2 Å². The van der Waals surface area contributed by atoms with E-state index in [1.54, 1.807) is 0 Å². The molecule has 1 heterocycles. The van der Waals surface area contributed by atoms with Crippen molar-refractivity contribution in [3.05, 3.63) is 107 Å². The van der Waals surface area contributed by atoms with Crippen LogP contribution < -0.4 is 4.74 Å². The first-order valence-electron chi connectivity index (χ1n) is 12.6. The van der Waals surface area contributed by atoms with Crippen molar-refractivity contribution < 1.29 is 4.74 Å². The normalized spacial score (nSPS) is 13.7. The molecule has 0 atom stereocenters. The second kappa shape index (κ2) is 11.2. The third-order valence-electron chi connectivity index (χ3n) is 6.26. The van der Waals surface area contributed by atoms with E-state index in [2.05, 4.69) is 106 Å². The van der Waals surface area contributed by atoms with Gasteiger partial charge in [-0.05, 0) is 88.3 Å². The zero-order valence-corrected chi connectivity index (χ0v) is 21.4. The summed E-state index contributed by atoms with van der Waals surface area (Å²) in [7, 11) is 0. The molecule has 1 aromatic heterocycles. The van der Waals surface area contributed by atoms with Crippen molar-refractivity contribution in [1.82, 2.24) is 9.97 Å². The Labute approximate surface area is 210 Å². The quantitative estimate of drug-likeness (QED) is 0.323.